The zero-order valence-corrected chi connectivity index (χ0v) is 14.8. The molecule has 0 bridgehead atoms. The van der Waals surface area contributed by atoms with Crippen molar-refractivity contribution in [3.63, 3.8) is 0 Å². The number of esters is 1. The van der Waals surface area contributed by atoms with E-state index < -0.39 is 30.2 Å². The third kappa shape index (κ3) is 9.34. The number of rotatable bonds is 5. The van der Waals surface area contributed by atoms with Crippen molar-refractivity contribution in [1.29, 1.82) is 0 Å². The van der Waals surface area contributed by atoms with Crippen molar-refractivity contribution < 1.29 is 29.0 Å². The van der Waals surface area contributed by atoms with Crippen molar-refractivity contribution in [2.24, 2.45) is 22.3 Å². The second-order valence-electron chi connectivity index (χ2n) is 7.10. The molecule has 1 aliphatic rings. The lowest BCUT2D eigenvalue weighted by Crippen LogP contribution is -2.34. The minimum absolute atomic E-state index is 0.0793. The summed E-state index contributed by atoms with van der Waals surface area (Å²) in [6, 6.07) is 0. The van der Waals surface area contributed by atoms with E-state index in [4.69, 9.17) is 10.8 Å². The van der Waals surface area contributed by atoms with E-state index in [0.29, 0.717) is 6.54 Å². The summed E-state index contributed by atoms with van der Waals surface area (Å²) in [6.45, 7) is 5.18. The molecule has 0 aromatic heterocycles. The number of carbonyl (C=O) groups is 3. The van der Waals surface area contributed by atoms with E-state index in [1.165, 1.54) is 6.42 Å². The van der Waals surface area contributed by atoms with Crippen LogP contribution in [-0.2, 0) is 19.1 Å². The van der Waals surface area contributed by atoms with Crippen LogP contribution in [0.2, 0.25) is 0 Å². The number of carboxylic acid groups (broad SMARTS) is 1. The smallest absolute Gasteiger partial charge is 0.407 e. The Labute approximate surface area is 142 Å². The van der Waals surface area contributed by atoms with Gasteiger partial charge in [0, 0.05) is 0 Å². The van der Waals surface area contributed by atoms with Gasteiger partial charge in [-0.1, -0.05) is 19.3 Å². The maximum absolute atomic E-state index is 11.0. The van der Waals surface area contributed by atoms with Gasteiger partial charge in [-0.05, 0) is 45.6 Å². The summed E-state index contributed by atoms with van der Waals surface area (Å²) in [5.74, 6) is -1.15. The zero-order chi connectivity index (χ0) is 18.8. The minimum atomic E-state index is -0.961. The first kappa shape index (κ1) is 22.2. The molecule has 1 fully saturated rings. The zero-order valence-electron chi connectivity index (χ0n) is 14.8. The van der Waals surface area contributed by atoms with Crippen LogP contribution in [0.15, 0.2) is 0 Å². The molecule has 5 N–H and O–H groups in total. The van der Waals surface area contributed by atoms with E-state index in [-0.39, 0.29) is 11.8 Å². The molecule has 0 aliphatic heterocycles. The fraction of sp³-hybridized carbons (Fsp3) is 0.812. The molecule has 140 valence electrons. The summed E-state index contributed by atoms with van der Waals surface area (Å²) in [4.78, 5) is 31.6. The number of carboxylic acids is 1. The molecule has 1 rings (SSSR count). The molecule has 0 aromatic rings. The number of aliphatic carboxylic acids is 1. The first-order chi connectivity index (χ1) is 11.0. The highest BCUT2D eigenvalue weighted by atomic mass is 16.7. The molecule has 8 nitrogen and oxygen atoms in total. The molecular weight excluding hydrogens is 316 g/mol. The molecule has 0 heterocycles. The molecule has 0 radical (unpaired) electrons. The molecule has 0 unspecified atom stereocenters. The molecule has 1 saturated carbocycles. The topological polar surface area (TPSA) is 142 Å². The van der Waals surface area contributed by atoms with E-state index in [0.717, 1.165) is 25.7 Å². The maximum Gasteiger partial charge on any atom is 0.407 e. The van der Waals surface area contributed by atoms with Gasteiger partial charge in [0.15, 0.2) is 0 Å². The van der Waals surface area contributed by atoms with Crippen LogP contribution in [0.5, 0.6) is 0 Å². The summed E-state index contributed by atoms with van der Waals surface area (Å²) < 4.78 is 8.76. The van der Waals surface area contributed by atoms with Gasteiger partial charge in [0.2, 0.25) is 6.79 Å². The summed E-state index contributed by atoms with van der Waals surface area (Å²) in [5, 5.41) is 8.71. The van der Waals surface area contributed by atoms with Crippen LogP contribution in [0.1, 0.15) is 59.3 Å². The van der Waals surface area contributed by atoms with Crippen LogP contribution in [0.3, 0.4) is 0 Å². The number of nitrogens with two attached hydrogens (primary N) is 2. The van der Waals surface area contributed by atoms with Crippen molar-refractivity contribution in [3.05, 3.63) is 0 Å². The Kier molecular flexibility index (Phi) is 9.35. The Bertz CT molecular complexity index is 425. The van der Waals surface area contributed by atoms with Gasteiger partial charge in [-0.3, -0.25) is 9.59 Å². The second-order valence-corrected chi connectivity index (χ2v) is 7.10. The van der Waals surface area contributed by atoms with Crippen molar-refractivity contribution in [3.8, 4) is 0 Å². The number of primary amides is 1. The Hall–Kier alpha value is -1.83. The molecule has 1 amide bonds. The van der Waals surface area contributed by atoms with Gasteiger partial charge < -0.3 is 26.0 Å². The van der Waals surface area contributed by atoms with E-state index >= 15 is 0 Å². The van der Waals surface area contributed by atoms with Crippen molar-refractivity contribution in [2.45, 2.75) is 59.3 Å². The summed E-state index contributed by atoms with van der Waals surface area (Å²) in [5.41, 5.74) is 9.58. The highest BCUT2D eigenvalue weighted by molar-refractivity contribution is 5.75. The molecule has 0 aromatic carbocycles. The SMILES string of the molecule is CC(C)(C)C(=O)OCOC(N)=O.NCC1(CC(=O)O)CCCCC1. The van der Waals surface area contributed by atoms with Gasteiger partial charge in [0.05, 0.1) is 11.8 Å². The predicted octanol–water partition coefficient (Wildman–Crippen LogP) is 2.00. The van der Waals surface area contributed by atoms with Crippen LogP contribution in [0.4, 0.5) is 4.79 Å². The lowest BCUT2D eigenvalue weighted by Gasteiger charge is -2.34. The van der Waals surface area contributed by atoms with Crippen LogP contribution < -0.4 is 11.5 Å². The number of hydrogen-bond donors (Lipinski definition) is 3. The monoisotopic (exact) mass is 346 g/mol. The molecule has 24 heavy (non-hydrogen) atoms. The highest BCUT2D eigenvalue weighted by Crippen LogP contribution is 2.38. The molecule has 1 aliphatic carbocycles. The third-order valence-electron chi connectivity index (χ3n) is 3.88. The quantitative estimate of drug-likeness (QED) is 0.510. The molecule has 0 spiro atoms. The Morgan fingerprint density at radius 2 is 1.62 bits per heavy atom. The van der Waals surface area contributed by atoms with E-state index in [1.54, 1.807) is 20.8 Å². The van der Waals surface area contributed by atoms with Crippen molar-refractivity contribution in [1.82, 2.24) is 0 Å². The van der Waals surface area contributed by atoms with Crippen molar-refractivity contribution in [2.75, 3.05) is 13.3 Å². The predicted molar refractivity (Wildman–Crippen MR) is 87.9 cm³/mol. The fourth-order valence-electron chi connectivity index (χ4n) is 2.43. The first-order valence-electron chi connectivity index (χ1n) is 8.04. The lowest BCUT2D eigenvalue weighted by atomic mass is 9.72. The van der Waals surface area contributed by atoms with Gasteiger partial charge in [-0.15, -0.1) is 0 Å². The second kappa shape index (κ2) is 10.1. The van der Waals surface area contributed by atoms with E-state index in [9.17, 15) is 14.4 Å². The van der Waals surface area contributed by atoms with Crippen LogP contribution >= 0.6 is 0 Å². The maximum atomic E-state index is 11.0. The van der Waals surface area contributed by atoms with Gasteiger partial charge in [0.1, 0.15) is 0 Å². The number of ether oxygens (including phenoxy) is 2. The summed E-state index contributed by atoms with van der Waals surface area (Å²) >= 11 is 0. The van der Waals surface area contributed by atoms with Gasteiger partial charge in [-0.2, -0.15) is 0 Å². The third-order valence-corrected chi connectivity index (χ3v) is 3.88. The standard InChI is InChI=1S/C9H17NO2.C7H13NO4/c10-7-9(6-8(11)12)4-2-1-3-5-9;1-7(2,3)5(9)11-4-12-6(8)10/h1-7,10H2,(H,11,12);4H2,1-3H3,(H2,8,10). The van der Waals surface area contributed by atoms with Crippen LogP contribution in [-0.4, -0.2) is 36.5 Å². The Morgan fingerprint density at radius 1 is 1.08 bits per heavy atom. The van der Waals surface area contributed by atoms with Crippen molar-refractivity contribution >= 4 is 18.0 Å². The molecule has 8 heteroatoms. The molecule has 0 atom stereocenters. The highest BCUT2D eigenvalue weighted by Gasteiger charge is 2.32. The molecule has 0 saturated heterocycles. The average molecular weight is 346 g/mol. The van der Waals surface area contributed by atoms with E-state index in [1.807, 2.05) is 0 Å². The minimum Gasteiger partial charge on any atom is -0.481 e. The average Bonchev–Trinajstić information content (AvgIpc) is 2.46. The van der Waals surface area contributed by atoms with Gasteiger partial charge >= 0.3 is 18.0 Å². The Morgan fingerprint density at radius 3 is 2.00 bits per heavy atom. The lowest BCUT2D eigenvalue weighted by molar-refractivity contribution is -0.161. The number of hydrogen-bond acceptors (Lipinski definition) is 6. The first-order valence-corrected chi connectivity index (χ1v) is 8.04. The fourth-order valence-corrected chi connectivity index (χ4v) is 2.43. The molecular formula is C16H30N2O6. The Balaban J connectivity index is 0.000000441. The van der Waals surface area contributed by atoms with Gasteiger partial charge in [0.25, 0.3) is 0 Å². The van der Waals surface area contributed by atoms with Crippen LogP contribution in [0, 0.1) is 10.8 Å². The largest absolute Gasteiger partial charge is 0.481 e. The van der Waals surface area contributed by atoms with Crippen LogP contribution in [0.25, 0.3) is 0 Å². The van der Waals surface area contributed by atoms with Gasteiger partial charge in [-0.25, -0.2) is 4.79 Å². The summed E-state index contributed by atoms with van der Waals surface area (Å²) in [7, 11) is 0. The number of carbonyl (C=O) groups excluding carboxylic acids is 2. The normalized spacial score (nSPS) is 16.3. The number of amides is 1. The van der Waals surface area contributed by atoms with E-state index in [2.05, 4.69) is 15.2 Å². The summed E-state index contributed by atoms with van der Waals surface area (Å²) in [6.07, 6.45) is 4.81.